The van der Waals surface area contributed by atoms with Gasteiger partial charge in [-0.3, -0.25) is 0 Å². The summed E-state index contributed by atoms with van der Waals surface area (Å²) >= 11 is 3.46. The lowest BCUT2D eigenvalue weighted by Crippen LogP contribution is -2.08. The van der Waals surface area contributed by atoms with E-state index >= 15 is 0 Å². The molecule has 0 aromatic heterocycles. The minimum absolute atomic E-state index is 0.234. The van der Waals surface area contributed by atoms with Crippen molar-refractivity contribution in [2.24, 2.45) is 0 Å². The van der Waals surface area contributed by atoms with Gasteiger partial charge in [-0.15, -0.1) is 0 Å². The van der Waals surface area contributed by atoms with Crippen LogP contribution in [0.3, 0.4) is 0 Å². The Morgan fingerprint density at radius 2 is 2.13 bits per heavy atom. The third kappa shape index (κ3) is 3.06. The molecule has 0 aliphatic heterocycles. The average molecular weight is 271 g/mol. The van der Waals surface area contributed by atoms with E-state index in [2.05, 4.69) is 22.9 Å². The summed E-state index contributed by atoms with van der Waals surface area (Å²) in [7, 11) is 0. The van der Waals surface area contributed by atoms with Crippen molar-refractivity contribution in [1.29, 1.82) is 0 Å². The molecule has 1 rings (SSSR count). The third-order valence-electron chi connectivity index (χ3n) is 2.11. The summed E-state index contributed by atoms with van der Waals surface area (Å²) in [5, 5.41) is 0. The highest BCUT2D eigenvalue weighted by Crippen LogP contribution is 2.22. The van der Waals surface area contributed by atoms with Crippen LogP contribution in [0.2, 0.25) is 0 Å². The van der Waals surface area contributed by atoms with Crippen molar-refractivity contribution in [3.05, 3.63) is 33.8 Å². The normalized spacial score (nSPS) is 10.1. The van der Waals surface area contributed by atoms with Crippen molar-refractivity contribution in [3.63, 3.8) is 0 Å². The molecule has 0 atom stereocenters. The van der Waals surface area contributed by atoms with Crippen molar-refractivity contribution in [3.8, 4) is 0 Å². The maximum Gasteiger partial charge on any atom is 0.338 e. The lowest BCUT2D eigenvalue weighted by atomic mass is 10.0. The van der Waals surface area contributed by atoms with Crippen LogP contribution < -0.4 is 0 Å². The molecule has 0 saturated carbocycles. The second kappa shape index (κ2) is 5.91. The second-order valence-electron chi connectivity index (χ2n) is 3.24. The molecule has 0 unspecified atom stereocenters. The van der Waals surface area contributed by atoms with Gasteiger partial charge in [0.1, 0.15) is 0 Å². The Bertz CT molecular complexity index is 347. The van der Waals surface area contributed by atoms with Gasteiger partial charge in [-0.25, -0.2) is 4.79 Å². The zero-order valence-electron chi connectivity index (χ0n) is 9.05. The van der Waals surface area contributed by atoms with Crippen molar-refractivity contribution in [2.45, 2.75) is 26.7 Å². The number of benzene rings is 1. The summed E-state index contributed by atoms with van der Waals surface area (Å²) in [4.78, 5) is 11.6. The van der Waals surface area contributed by atoms with Gasteiger partial charge in [0.25, 0.3) is 0 Å². The van der Waals surface area contributed by atoms with Gasteiger partial charge < -0.3 is 4.74 Å². The molecule has 0 aliphatic rings. The molecule has 0 N–H and O–H groups in total. The first-order chi connectivity index (χ1) is 7.20. The number of rotatable bonds is 4. The van der Waals surface area contributed by atoms with Gasteiger partial charge in [0.2, 0.25) is 0 Å². The van der Waals surface area contributed by atoms with Gasteiger partial charge in [-0.1, -0.05) is 35.3 Å². The summed E-state index contributed by atoms with van der Waals surface area (Å²) in [6.45, 7) is 4.32. The van der Waals surface area contributed by atoms with E-state index in [0.29, 0.717) is 12.2 Å². The van der Waals surface area contributed by atoms with Crippen LogP contribution >= 0.6 is 15.9 Å². The Labute approximate surface area is 98.8 Å². The largest absolute Gasteiger partial charge is 0.462 e. The van der Waals surface area contributed by atoms with Gasteiger partial charge in [-0.2, -0.15) is 0 Å². The molecule has 1 aromatic rings. The van der Waals surface area contributed by atoms with Gasteiger partial charge in [0.05, 0.1) is 12.2 Å². The fourth-order valence-electron chi connectivity index (χ4n) is 1.46. The number of ether oxygens (including phenoxy) is 1. The monoisotopic (exact) mass is 270 g/mol. The zero-order chi connectivity index (χ0) is 11.3. The molecule has 0 saturated heterocycles. The highest BCUT2D eigenvalue weighted by Gasteiger charge is 2.13. The van der Waals surface area contributed by atoms with E-state index in [-0.39, 0.29) is 5.97 Å². The molecule has 0 aliphatic carbocycles. The van der Waals surface area contributed by atoms with Crippen LogP contribution in [0.1, 0.15) is 36.2 Å². The van der Waals surface area contributed by atoms with E-state index < -0.39 is 0 Å². The molecule has 0 amide bonds. The average Bonchev–Trinajstić information content (AvgIpc) is 2.21. The molecule has 82 valence electrons. The van der Waals surface area contributed by atoms with Crippen molar-refractivity contribution >= 4 is 21.9 Å². The number of carbonyl (C=O) groups is 1. The fraction of sp³-hybridized carbons (Fsp3) is 0.417. The molecule has 0 radical (unpaired) electrons. The van der Waals surface area contributed by atoms with Crippen LogP contribution in [0.5, 0.6) is 0 Å². The van der Waals surface area contributed by atoms with Gasteiger partial charge >= 0.3 is 5.97 Å². The zero-order valence-corrected chi connectivity index (χ0v) is 10.6. The van der Waals surface area contributed by atoms with Gasteiger partial charge in [0, 0.05) is 4.47 Å². The van der Waals surface area contributed by atoms with E-state index in [1.54, 1.807) is 0 Å². The van der Waals surface area contributed by atoms with Gasteiger partial charge in [0.15, 0.2) is 0 Å². The molecule has 2 nitrogen and oxygen atoms in total. The van der Waals surface area contributed by atoms with Gasteiger partial charge in [-0.05, 0) is 31.0 Å². The molecular formula is C12H15BrO2. The van der Waals surface area contributed by atoms with Crippen LogP contribution in [-0.2, 0) is 11.2 Å². The van der Waals surface area contributed by atoms with E-state index in [0.717, 1.165) is 22.9 Å². The summed E-state index contributed by atoms with van der Waals surface area (Å²) in [5.74, 6) is -0.234. The maximum atomic E-state index is 11.6. The Morgan fingerprint density at radius 1 is 1.40 bits per heavy atom. The van der Waals surface area contributed by atoms with Crippen LogP contribution in [-0.4, -0.2) is 12.6 Å². The first kappa shape index (κ1) is 12.2. The molecule has 0 heterocycles. The topological polar surface area (TPSA) is 26.3 Å². The minimum Gasteiger partial charge on any atom is -0.462 e. The number of carbonyl (C=O) groups excluding carboxylic acids is 1. The Morgan fingerprint density at radius 3 is 2.73 bits per heavy atom. The smallest absolute Gasteiger partial charge is 0.338 e. The predicted octanol–water partition coefficient (Wildman–Crippen LogP) is 3.58. The predicted molar refractivity (Wildman–Crippen MR) is 64.1 cm³/mol. The van der Waals surface area contributed by atoms with Crippen LogP contribution in [0.4, 0.5) is 0 Å². The Kier molecular flexibility index (Phi) is 4.82. The molecule has 0 spiro atoms. The molecular weight excluding hydrogens is 256 g/mol. The van der Waals surface area contributed by atoms with E-state index in [9.17, 15) is 4.79 Å². The van der Waals surface area contributed by atoms with E-state index in [4.69, 9.17) is 4.74 Å². The molecule has 15 heavy (non-hydrogen) atoms. The second-order valence-corrected chi connectivity index (χ2v) is 4.09. The number of hydrogen-bond donors (Lipinski definition) is 0. The van der Waals surface area contributed by atoms with E-state index in [1.807, 2.05) is 25.1 Å². The lowest BCUT2D eigenvalue weighted by Gasteiger charge is -2.09. The van der Waals surface area contributed by atoms with Crippen LogP contribution in [0.25, 0.3) is 0 Å². The van der Waals surface area contributed by atoms with Crippen molar-refractivity contribution in [2.75, 3.05) is 6.61 Å². The van der Waals surface area contributed by atoms with Crippen LogP contribution in [0, 0.1) is 0 Å². The standard InChI is InChI=1S/C12H15BrO2/c1-3-6-9-10(12(14)15-4-2)7-5-8-11(9)13/h5,7-8H,3-4,6H2,1-2H3. The Hall–Kier alpha value is -0.830. The Balaban J connectivity index is 3.04. The fourth-order valence-corrected chi connectivity index (χ4v) is 2.03. The third-order valence-corrected chi connectivity index (χ3v) is 2.86. The first-order valence-corrected chi connectivity index (χ1v) is 5.94. The number of esters is 1. The number of halogens is 1. The van der Waals surface area contributed by atoms with E-state index in [1.165, 1.54) is 0 Å². The van der Waals surface area contributed by atoms with Crippen LogP contribution in [0.15, 0.2) is 22.7 Å². The highest BCUT2D eigenvalue weighted by molar-refractivity contribution is 9.10. The van der Waals surface area contributed by atoms with Crippen molar-refractivity contribution < 1.29 is 9.53 Å². The summed E-state index contributed by atoms with van der Waals surface area (Å²) in [6, 6.07) is 5.62. The summed E-state index contributed by atoms with van der Waals surface area (Å²) in [5.41, 5.74) is 1.71. The number of hydrogen-bond acceptors (Lipinski definition) is 2. The quantitative estimate of drug-likeness (QED) is 0.782. The maximum absolute atomic E-state index is 11.6. The highest BCUT2D eigenvalue weighted by atomic mass is 79.9. The lowest BCUT2D eigenvalue weighted by molar-refractivity contribution is 0.0525. The summed E-state index contributed by atoms with van der Waals surface area (Å²) < 4.78 is 5.99. The summed E-state index contributed by atoms with van der Waals surface area (Å²) in [6.07, 6.45) is 1.89. The molecule has 0 fully saturated rings. The molecule has 1 aromatic carbocycles. The first-order valence-electron chi connectivity index (χ1n) is 5.15. The molecule has 0 bridgehead atoms. The van der Waals surface area contributed by atoms with Crippen molar-refractivity contribution in [1.82, 2.24) is 0 Å². The SMILES string of the molecule is CCCc1c(Br)cccc1C(=O)OCC. The minimum atomic E-state index is -0.234. The molecule has 3 heteroatoms.